The molecular formula is C12H17N3O2. The number of hydrogen-bond donors (Lipinski definition) is 1. The van der Waals surface area contributed by atoms with Gasteiger partial charge >= 0.3 is 0 Å². The zero-order chi connectivity index (χ0) is 12.4. The summed E-state index contributed by atoms with van der Waals surface area (Å²) in [6, 6.07) is 0. The largest absolute Gasteiger partial charge is 0.393 e. The summed E-state index contributed by atoms with van der Waals surface area (Å²) in [5.74, 6) is 0.302. The highest BCUT2D eigenvalue weighted by atomic mass is 16.3. The molecule has 1 amide bonds. The number of carbonyl (C=O) groups excluding carboxylic acids is 1. The topological polar surface area (TPSA) is 66.3 Å². The van der Waals surface area contributed by atoms with Crippen molar-refractivity contribution in [2.75, 3.05) is 13.6 Å². The van der Waals surface area contributed by atoms with Crippen LogP contribution in [0.3, 0.4) is 0 Å². The average Bonchev–Trinajstić information content (AvgIpc) is 2.27. The molecule has 0 spiro atoms. The summed E-state index contributed by atoms with van der Waals surface area (Å²) in [6.07, 6.45) is 4.49. The lowest BCUT2D eigenvalue weighted by Crippen LogP contribution is -2.39. The second-order valence-electron chi connectivity index (χ2n) is 4.72. The smallest absolute Gasteiger partial charge is 0.273 e. The highest BCUT2D eigenvalue weighted by Crippen LogP contribution is 2.27. The van der Waals surface area contributed by atoms with E-state index in [1.165, 1.54) is 6.20 Å². The standard InChI is InChI=1S/C12H17N3O2/c1-8-5-14-11(6-13-8)12(17)15(2)7-9-3-10(16)4-9/h5-6,9-10,16H,3-4,7H2,1-2H3. The number of nitrogens with zero attached hydrogens (tertiary/aromatic N) is 3. The van der Waals surface area contributed by atoms with Crippen LogP contribution >= 0.6 is 0 Å². The number of rotatable bonds is 3. The maximum Gasteiger partial charge on any atom is 0.273 e. The Morgan fingerprint density at radius 1 is 1.47 bits per heavy atom. The van der Waals surface area contributed by atoms with Gasteiger partial charge in [0.25, 0.3) is 5.91 Å². The van der Waals surface area contributed by atoms with Crippen molar-refractivity contribution in [2.24, 2.45) is 5.92 Å². The number of amides is 1. The molecule has 0 saturated heterocycles. The molecule has 1 saturated carbocycles. The van der Waals surface area contributed by atoms with E-state index in [-0.39, 0.29) is 12.0 Å². The summed E-state index contributed by atoms with van der Waals surface area (Å²) in [5, 5.41) is 9.19. The third kappa shape index (κ3) is 2.79. The first kappa shape index (κ1) is 12.0. The molecule has 1 fully saturated rings. The van der Waals surface area contributed by atoms with Gasteiger partial charge in [-0.15, -0.1) is 0 Å². The predicted octanol–water partition coefficient (Wildman–Crippen LogP) is 0.628. The van der Waals surface area contributed by atoms with Crippen LogP contribution in [0.4, 0.5) is 0 Å². The van der Waals surface area contributed by atoms with Crippen molar-refractivity contribution in [3.8, 4) is 0 Å². The summed E-state index contributed by atoms with van der Waals surface area (Å²) in [7, 11) is 1.76. The molecular weight excluding hydrogens is 218 g/mol. The zero-order valence-electron chi connectivity index (χ0n) is 10.1. The van der Waals surface area contributed by atoms with E-state index >= 15 is 0 Å². The van der Waals surface area contributed by atoms with Gasteiger partial charge < -0.3 is 10.0 Å². The molecule has 5 heteroatoms. The van der Waals surface area contributed by atoms with Gasteiger partial charge in [-0.25, -0.2) is 4.98 Å². The SMILES string of the molecule is Cc1cnc(C(=O)N(C)CC2CC(O)C2)cn1. The lowest BCUT2D eigenvalue weighted by Gasteiger charge is -2.34. The van der Waals surface area contributed by atoms with Gasteiger partial charge in [0.1, 0.15) is 5.69 Å². The molecule has 1 aliphatic carbocycles. The highest BCUT2D eigenvalue weighted by molar-refractivity contribution is 5.91. The fourth-order valence-electron chi connectivity index (χ4n) is 2.02. The Kier molecular flexibility index (Phi) is 3.38. The van der Waals surface area contributed by atoms with Gasteiger partial charge in [0.15, 0.2) is 0 Å². The minimum atomic E-state index is -0.178. The van der Waals surface area contributed by atoms with Crippen LogP contribution in [0.25, 0.3) is 0 Å². The Morgan fingerprint density at radius 2 is 2.18 bits per heavy atom. The maximum atomic E-state index is 12.0. The van der Waals surface area contributed by atoms with Crippen molar-refractivity contribution in [3.63, 3.8) is 0 Å². The Bertz CT molecular complexity index is 399. The summed E-state index contributed by atoms with van der Waals surface area (Å²) in [5.41, 5.74) is 1.17. The molecule has 1 N–H and O–H groups in total. The van der Waals surface area contributed by atoms with Crippen LogP contribution in [0.5, 0.6) is 0 Å². The number of hydrogen-bond acceptors (Lipinski definition) is 4. The van der Waals surface area contributed by atoms with Gasteiger partial charge in [0.05, 0.1) is 18.0 Å². The van der Waals surface area contributed by atoms with Crippen LogP contribution in [-0.4, -0.2) is 45.6 Å². The predicted molar refractivity (Wildman–Crippen MR) is 62.5 cm³/mol. The molecule has 0 radical (unpaired) electrons. The summed E-state index contributed by atoms with van der Waals surface area (Å²) >= 11 is 0. The number of aryl methyl sites for hydroxylation is 1. The van der Waals surface area contributed by atoms with Gasteiger partial charge in [0, 0.05) is 19.8 Å². The third-order valence-corrected chi connectivity index (χ3v) is 3.09. The van der Waals surface area contributed by atoms with Crippen LogP contribution in [0.1, 0.15) is 29.0 Å². The lowest BCUT2D eigenvalue weighted by molar-refractivity contribution is 0.0264. The van der Waals surface area contributed by atoms with Crippen LogP contribution in [0, 0.1) is 12.8 Å². The van der Waals surface area contributed by atoms with E-state index in [4.69, 9.17) is 0 Å². The summed E-state index contributed by atoms with van der Waals surface area (Å²) in [6.45, 7) is 2.51. The van der Waals surface area contributed by atoms with Crippen LogP contribution in [0.15, 0.2) is 12.4 Å². The summed E-state index contributed by atoms with van der Waals surface area (Å²) < 4.78 is 0. The van der Waals surface area contributed by atoms with E-state index in [0.29, 0.717) is 18.2 Å². The Morgan fingerprint density at radius 3 is 2.71 bits per heavy atom. The van der Waals surface area contributed by atoms with Crippen molar-refractivity contribution in [1.82, 2.24) is 14.9 Å². The number of carbonyl (C=O) groups is 1. The first-order valence-electron chi connectivity index (χ1n) is 5.78. The van der Waals surface area contributed by atoms with E-state index < -0.39 is 0 Å². The molecule has 0 atom stereocenters. The normalized spacial score (nSPS) is 23.0. The molecule has 2 rings (SSSR count). The molecule has 1 aromatic rings. The fourth-order valence-corrected chi connectivity index (χ4v) is 2.02. The molecule has 1 heterocycles. The minimum absolute atomic E-state index is 0.112. The van der Waals surface area contributed by atoms with E-state index in [1.54, 1.807) is 18.1 Å². The lowest BCUT2D eigenvalue weighted by atomic mass is 9.82. The minimum Gasteiger partial charge on any atom is -0.393 e. The third-order valence-electron chi connectivity index (χ3n) is 3.09. The van der Waals surface area contributed by atoms with Gasteiger partial charge in [-0.1, -0.05) is 0 Å². The van der Waals surface area contributed by atoms with Crippen molar-refractivity contribution in [2.45, 2.75) is 25.9 Å². The van der Waals surface area contributed by atoms with Crippen LogP contribution in [-0.2, 0) is 0 Å². The highest BCUT2D eigenvalue weighted by Gasteiger charge is 2.29. The molecule has 0 aromatic carbocycles. The second-order valence-corrected chi connectivity index (χ2v) is 4.72. The molecule has 5 nitrogen and oxygen atoms in total. The maximum absolute atomic E-state index is 12.0. The molecule has 17 heavy (non-hydrogen) atoms. The van der Waals surface area contributed by atoms with Crippen molar-refractivity contribution in [3.05, 3.63) is 23.8 Å². The van der Waals surface area contributed by atoms with E-state index in [1.807, 2.05) is 6.92 Å². The zero-order valence-corrected chi connectivity index (χ0v) is 10.1. The molecule has 0 aliphatic heterocycles. The Labute approximate surface area is 100 Å². The summed E-state index contributed by atoms with van der Waals surface area (Å²) in [4.78, 5) is 21.7. The van der Waals surface area contributed by atoms with Gasteiger partial charge in [-0.3, -0.25) is 9.78 Å². The quantitative estimate of drug-likeness (QED) is 0.834. The van der Waals surface area contributed by atoms with E-state index in [0.717, 1.165) is 18.5 Å². The van der Waals surface area contributed by atoms with Gasteiger partial charge in [-0.05, 0) is 25.7 Å². The number of aliphatic hydroxyl groups excluding tert-OH is 1. The van der Waals surface area contributed by atoms with E-state index in [2.05, 4.69) is 9.97 Å². The van der Waals surface area contributed by atoms with Crippen molar-refractivity contribution in [1.29, 1.82) is 0 Å². The van der Waals surface area contributed by atoms with Gasteiger partial charge in [0.2, 0.25) is 0 Å². The fraction of sp³-hybridized carbons (Fsp3) is 0.583. The first-order valence-corrected chi connectivity index (χ1v) is 5.78. The molecule has 92 valence electrons. The molecule has 1 aromatic heterocycles. The monoisotopic (exact) mass is 235 g/mol. The molecule has 0 unspecified atom stereocenters. The second kappa shape index (κ2) is 4.79. The Hall–Kier alpha value is -1.49. The van der Waals surface area contributed by atoms with Gasteiger partial charge in [-0.2, -0.15) is 0 Å². The number of aliphatic hydroxyl groups is 1. The average molecular weight is 235 g/mol. The van der Waals surface area contributed by atoms with Crippen molar-refractivity contribution >= 4 is 5.91 Å². The van der Waals surface area contributed by atoms with Crippen molar-refractivity contribution < 1.29 is 9.90 Å². The van der Waals surface area contributed by atoms with E-state index in [9.17, 15) is 9.90 Å². The Balaban J connectivity index is 1.92. The molecule has 1 aliphatic rings. The first-order chi connectivity index (χ1) is 8.06. The number of aromatic nitrogens is 2. The van der Waals surface area contributed by atoms with Crippen LogP contribution < -0.4 is 0 Å². The molecule has 0 bridgehead atoms. The van der Waals surface area contributed by atoms with Crippen LogP contribution in [0.2, 0.25) is 0 Å².